The Morgan fingerprint density at radius 1 is 1.19 bits per heavy atom. The third-order valence-electron chi connectivity index (χ3n) is 4.85. The van der Waals surface area contributed by atoms with Gasteiger partial charge in [-0.15, -0.1) is 0 Å². The van der Waals surface area contributed by atoms with E-state index in [2.05, 4.69) is 4.98 Å². The molecular weight excluding hydrogens is 329 g/mol. The highest BCUT2D eigenvalue weighted by Crippen LogP contribution is 2.30. The number of nitrogens with zero attached hydrogens (tertiary/aromatic N) is 3. The Labute approximate surface area is 153 Å². The van der Waals surface area contributed by atoms with E-state index in [0.29, 0.717) is 13.1 Å². The van der Waals surface area contributed by atoms with E-state index in [-0.39, 0.29) is 24.1 Å². The lowest BCUT2D eigenvalue weighted by molar-refractivity contribution is -0.131. The minimum atomic E-state index is -0.298. The van der Waals surface area contributed by atoms with Gasteiger partial charge in [-0.2, -0.15) is 0 Å². The van der Waals surface area contributed by atoms with E-state index in [1.54, 1.807) is 12.3 Å². The van der Waals surface area contributed by atoms with Gasteiger partial charge in [0.2, 0.25) is 5.91 Å². The summed E-state index contributed by atoms with van der Waals surface area (Å²) in [4.78, 5) is 19.1. The van der Waals surface area contributed by atoms with Gasteiger partial charge in [-0.05, 0) is 50.6 Å². The van der Waals surface area contributed by atoms with Crippen LogP contribution >= 0.6 is 0 Å². The number of pyridine rings is 1. The van der Waals surface area contributed by atoms with Crippen molar-refractivity contribution in [2.24, 2.45) is 0 Å². The van der Waals surface area contributed by atoms with Crippen molar-refractivity contribution in [1.82, 2.24) is 14.3 Å². The number of hydrogen-bond donors (Lipinski definition) is 0. The van der Waals surface area contributed by atoms with E-state index in [4.69, 9.17) is 0 Å². The molecule has 136 valence electrons. The van der Waals surface area contributed by atoms with Crippen LogP contribution < -0.4 is 0 Å². The Morgan fingerprint density at radius 2 is 1.92 bits per heavy atom. The van der Waals surface area contributed by atoms with Gasteiger partial charge in [0.25, 0.3) is 0 Å². The number of carbonyl (C=O) groups excluding carboxylic acids is 1. The highest BCUT2D eigenvalue weighted by atomic mass is 19.1. The molecule has 4 nitrogen and oxygen atoms in total. The second-order valence-electron chi connectivity index (χ2n) is 6.42. The normalized spacial score (nSPS) is 12.3. The van der Waals surface area contributed by atoms with Crippen molar-refractivity contribution < 1.29 is 9.18 Å². The van der Waals surface area contributed by atoms with E-state index in [1.807, 2.05) is 54.3 Å². The maximum atomic E-state index is 13.9. The minimum absolute atomic E-state index is 0.0628. The molecule has 1 unspecified atom stereocenters. The number of fused-ring (bicyclic) bond motifs is 1. The average Bonchev–Trinajstić information content (AvgIpc) is 3.06. The van der Waals surface area contributed by atoms with Crippen molar-refractivity contribution in [3.63, 3.8) is 0 Å². The molecule has 0 saturated carbocycles. The summed E-state index contributed by atoms with van der Waals surface area (Å²) in [6.45, 7) is 7.27. The number of aryl methyl sites for hydroxylation is 1. The predicted molar refractivity (Wildman–Crippen MR) is 101 cm³/mol. The smallest absolute Gasteiger partial charge is 0.223 e. The van der Waals surface area contributed by atoms with Gasteiger partial charge in [0.05, 0.1) is 5.69 Å². The molecule has 3 rings (SSSR count). The van der Waals surface area contributed by atoms with Gasteiger partial charge in [0.15, 0.2) is 0 Å². The summed E-state index contributed by atoms with van der Waals surface area (Å²) in [5, 5.41) is 0. The molecule has 0 spiro atoms. The predicted octanol–water partition coefficient (Wildman–Crippen LogP) is 4.17. The first kappa shape index (κ1) is 18.1. The molecule has 0 aliphatic heterocycles. The number of amides is 1. The van der Waals surface area contributed by atoms with Crippen molar-refractivity contribution in [1.29, 1.82) is 0 Å². The average molecular weight is 353 g/mol. The Bertz CT molecular complexity index is 915. The van der Waals surface area contributed by atoms with Crippen molar-refractivity contribution in [2.45, 2.75) is 33.1 Å². The lowest BCUT2D eigenvalue weighted by atomic mass is 9.92. The van der Waals surface area contributed by atoms with Crippen LogP contribution in [0, 0.1) is 12.7 Å². The summed E-state index contributed by atoms with van der Waals surface area (Å²) >= 11 is 0. The third kappa shape index (κ3) is 3.47. The number of rotatable bonds is 6. The maximum absolute atomic E-state index is 13.9. The Hall–Kier alpha value is -2.69. The fourth-order valence-electron chi connectivity index (χ4n) is 3.47. The molecule has 0 bridgehead atoms. The molecular formula is C21H24FN3O. The maximum Gasteiger partial charge on any atom is 0.223 e. The summed E-state index contributed by atoms with van der Waals surface area (Å²) in [6, 6.07) is 12.4. The van der Waals surface area contributed by atoms with Crippen molar-refractivity contribution in [3.8, 4) is 0 Å². The van der Waals surface area contributed by atoms with Crippen molar-refractivity contribution >= 4 is 11.6 Å². The fourth-order valence-corrected chi connectivity index (χ4v) is 3.47. The van der Waals surface area contributed by atoms with E-state index >= 15 is 0 Å². The van der Waals surface area contributed by atoms with Gasteiger partial charge in [-0.3, -0.25) is 4.79 Å². The largest absolute Gasteiger partial charge is 0.343 e. The van der Waals surface area contributed by atoms with Crippen LogP contribution in [0.1, 0.15) is 43.1 Å². The molecule has 0 fully saturated rings. The van der Waals surface area contributed by atoms with Crippen LogP contribution in [0.4, 0.5) is 4.39 Å². The molecule has 1 amide bonds. The summed E-state index contributed by atoms with van der Waals surface area (Å²) < 4.78 is 15.9. The van der Waals surface area contributed by atoms with Gasteiger partial charge in [0.1, 0.15) is 11.5 Å². The molecule has 0 radical (unpaired) electrons. The van der Waals surface area contributed by atoms with Crippen LogP contribution in [-0.2, 0) is 4.79 Å². The van der Waals surface area contributed by atoms with Gasteiger partial charge < -0.3 is 9.30 Å². The first-order valence-corrected chi connectivity index (χ1v) is 9.01. The second-order valence-corrected chi connectivity index (χ2v) is 6.42. The number of imidazole rings is 1. The lowest BCUT2D eigenvalue weighted by Gasteiger charge is -2.23. The molecule has 1 aromatic carbocycles. The third-order valence-corrected chi connectivity index (χ3v) is 4.85. The first-order chi connectivity index (χ1) is 12.5. The van der Waals surface area contributed by atoms with Gasteiger partial charge >= 0.3 is 0 Å². The number of halogens is 1. The van der Waals surface area contributed by atoms with E-state index in [9.17, 15) is 9.18 Å². The number of aromatic nitrogens is 2. The topological polar surface area (TPSA) is 37.6 Å². The van der Waals surface area contributed by atoms with E-state index < -0.39 is 0 Å². The lowest BCUT2D eigenvalue weighted by Crippen LogP contribution is -2.32. The first-order valence-electron chi connectivity index (χ1n) is 9.01. The SMILES string of the molecule is CCN(CC)C(=O)CC(c1cccc(F)c1)c1cnc2cccc(C)n12. The molecule has 0 saturated heterocycles. The van der Waals surface area contributed by atoms with Crippen LogP contribution in [0.3, 0.4) is 0 Å². The molecule has 0 aliphatic rings. The van der Waals surface area contributed by atoms with Crippen LogP contribution in [0.5, 0.6) is 0 Å². The second kappa shape index (κ2) is 7.68. The molecule has 2 heterocycles. The number of carbonyl (C=O) groups is 1. The zero-order valence-electron chi connectivity index (χ0n) is 15.4. The van der Waals surface area contributed by atoms with Crippen LogP contribution in [0.15, 0.2) is 48.7 Å². The van der Waals surface area contributed by atoms with Crippen LogP contribution in [-0.4, -0.2) is 33.3 Å². The van der Waals surface area contributed by atoms with Gasteiger partial charge in [0, 0.05) is 37.3 Å². The fraction of sp³-hybridized carbons (Fsp3) is 0.333. The molecule has 2 aromatic heterocycles. The highest BCUT2D eigenvalue weighted by Gasteiger charge is 2.24. The van der Waals surface area contributed by atoms with Gasteiger partial charge in [-0.25, -0.2) is 9.37 Å². The zero-order chi connectivity index (χ0) is 18.7. The summed E-state index contributed by atoms with van der Waals surface area (Å²) in [7, 11) is 0. The number of hydrogen-bond acceptors (Lipinski definition) is 2. The van der Waals surface area contributed by atoms with E-state index in [1.165, 1.54) is 12.1 Å². The van der Waals surface area contributed by atoms with Crippen LogP contribution in [0.2, 0.25) is 0 Å². The van der Waals surface area contributed by atoms with Crippen molar-refractivity contribution in [2.75, 3.05) is 13.1 Å². The summed E-state index contributed by atoms with van der Waals surface area (Å²) in [5.41, 5.74) is 3.56. The Balaban J connectivity index is 2.09. The number of benzene rings is 1. The molecule has 1 atom stereocenters. The molecule has 5 heteroatoms. The van der Waals surface area contributed by atoms with Crippen molar-refractivity contribution in [3.05, 3.63) is 71.4 Å². The molecule has 3 aromatic rings. The standard InChI is InChI=1S/C21H24FN3O/c1-4-24(5-2)21(26)13-18(16-9-7-10-17(22)12-16)19-14-23-20-11-6-8-15(3)25(19)20/h6-12,14,18H,4-5,13H2,1-3H3. The Kier molecular flexibility index (Phi) is 5.35. The summed E-state index contributed by atoms with van der Waals surface area (Å²) in [5.74, 6) is -0.490. The van der Waals surface area contributed by atoms with Crippen LogP contribution in [0.25, 0.3) is 5.65 Å². The zero-order valence-corrected chi connectivity index (χ0v) is 15.4. The minimum Gasteiger partial charge on any atom is -0.343 e. The molecule has 0 N–H and O–H groups in total. The highest BCUT2D eigenvalue weighted by molar-refractivity contribution is 5.77. The Morgan fingerprint density at radius 3 is 2.62 bits per heavy atom. The van der Waals surface area contributed by atoms with Gasteiger partial charge in [-0.1, -0.05) is 18.2 Å². The molecule has 26 heavy (non-hydrogen) atoms. The summed E-state index contributed by atoms with van der Waals surface area (Å²) in [6.07, 6.45) is 2.08. The quantitative estimate of drug-likeness (QED) is 0.667. The van der Waals surface area contributed by atoms with E-state index in [0.717, 1.165) is 22.6 Å². The monoisotopic (exact) mass is 353 g/mol. The molecule has 0 aliphatic carbocycles.